The van der Waals surface area contributed by atoms with Crippen molar-refractivity contribution >= 4 is 11.9 Å². The number of benzene rings is 1. The lowest BCUT2D eigenvalue weighted by atomic mass is 9.81. The molecule has 1 aliphatic rings. The number of hydrogen-bond donors (Lipinski definition) is 3. The van der Waals surface area contributed by atoms with E-state index in [4.69, 9.17) is 4.74 Å². The van der Waals surface area contributed by atoms with Crippen LogP contribution >= 0.6 is 0 Å². The molecule has 1 aromatic carbocycles. The fourth-order valence-electron chi connectivity index (χ4n) is 2.93. The van der Waals surface area contributed by atoms with Crippen LogP contribution in [0.1, 0.15) is 32.1 Å². The Kier molecular flexibility index (Phi) is 6.40. The zero-order chi connectivity index (χ0) is 17.4. The van der Waals surface area contributed by atoms with Crippen LogP contribution < -0.4 is 20.7 Å². The first-order valence-electron chi connectivity index (χ1n) is 8.22. The van der Waals surface area contributed by atoms with Gasteiger partial charge in [0, 0.05) is 7.05 Å². The van der Waals surface area contributed by atoms with Gasteiger partial charge in [0.05, 0.1) is 6.54 Å². The Morgan fingerprint density at radius 2 is 1.83 bits per heavy atom. The fourth-order valence-corrected chi connectivity index (χ4v) is 2.93. The number of likely N-dealkylation sites (N-methyl/N-ethyl adjacent to an activating group) is 1. The van der Waals surface area contributed by atoms with Gasteiger partial charge in [-0.1, -0.05) is 19.3 Å². The Labute approximate surface area is 141 Å². The number of amides is 3. The molecule has 1 saturated carbocycles. The Bertz CT molecular complexity index is 557. The maximum atomic E-state index is 12.8. The molecular formula is C17H24FN3O3. The van der Waals surface area contributed by atoms with Crippen molar-refractivity contribution in [2.75, 3.05) is 20.2 Å². The number of hydrogen-bond acceptors (Lipinski definition) is 3. The van der Waals surface area contributed by atoms with E-state index < -0.39 is 5.54 Å². The Morgan fingerprint density at radius 1 is 1.17 bits per heavy atom. The minimum atomic E-state index is -0.825. The highest BCUT2D eigenvalue weighted by Crippen LogP contribution is 2.28. The Morgan fingerprint density at radius 3 is 2.46 bits per heavy atom. The first kappa shape index (κ1) is 18.0. The quantitative estimate of drug-likeness (QED) is 0.694. The molecule has 0 heterocycles. The third-order valence-electron chi connectivity index (χ3n) is 4.19. The van der Waals surface area contributed by atoms with Gasteiger partial charge in [-0.3, -0.25) is 4.79 Å². The zero-order valence-electron chi connectivity index (χ0n) is 13.9. The van der Waals surface area contributed by atoms with Gasteiger partial charge in [-0.05, 0) is 37.1 Å². The molecule has 0 atom stereocenters. The Hall–Kier alpha value is -2.31. The van der Waals surface area contributed by atoms with Crippen LogP contribution in [0.2, 0.25) is 0 Å². The van der Waals surface area contributed by atoms with Crippen molar-refractivity contribution in [3.63, 3.8) is 0 Å². The molecule has 24 heavy (non-hydrogen) atoms. The number of carbonyl (C=O) groups excluding carboxylic acids is 2. The second-order valence-corrected chi connectivity index (χ2v) is 5.91. The number of rotatable bonds is 6. The molecule has 0 saturated heterocycles. The van der Waals surface area contributed by atoms with Crippen molar-refractivity contribution in [1.29, 1.82) is 0 Å². The van der Waals surface area contributed by atoms with Crippen molar-refractivity contribution < 1.29 is 18.7 Å². The van der Waals surface area contributed by atoms with Crippen LogP contribution in [0, 0.1) is 5.82 Å². The average molecular weight is 337 g/mol. The van der Waals surface area contributed by atoms with Gasteiger partial charge in [0.25, 0.3) is 0 Å². The Balaban J connectivity index is 1.76. The van der Waals surface area contributed by atoms with E-state index in [1.165, 1.54) is 24.3 Å². The smallest absolute Gasteiger partial charge is 0.315 e. The van der Waals surface area contributed by atoms with Gasteiger partial charge in [0.2, 0.25) is 5.91 Å². The highest BCUT2D eigenvalue weighted by Gasteiger charge is 2.40. The predicted molar refractivity (Wildman–Crippen MR) is 88.3 cm³/mol. The van der Waals surface area contributed by atoms with E-state index in [9.17, 15) is 14.0 Å². The van der Waals surface area contributed by atoms with E-state index in [1.54, 1.807) is 7.05 Å². The number of nitrogens with one attached hydrogen (secondary N) is 3. The van der Waals surface area contributed by atoms with Crippen LogP contribution in [-0.2, 0) is 4.79 Å². The van der Waals surface area contributed by atoms with Gasteiger partial charge in [-0.15, -0.1) is 0 Å². The third kappa shape index (κ3) is 4.84. The SMILES string of the molecule is CNC(=O)C1(NC(=O)NCCOc2ccc(F)cc2)CCCCC1. The first-order chi connectivity index (χ1) is 11.6. The molecule has 0 aromatic heterocycles. The number of ether oxygens (including phenoxy) is 1. The minimum Gasteiger partial charge on any atom is -0.492 e. The molecule has 132 valence electrons. The molecule has 2 rings (SSSR count). The summed E-state index contributed by atoms with van der Waals surface area (Å²) in [5.74, 6) is 0.0551. The summed E-state index contributed by atoms with van der Waals surface area (Å²) < 4.78 is 18.2. The van der Waals surface area contributed by atoms with Crippen LogP contribution in [-0.4, -0.2) is 37.7 Å². The third-order valence-corrected chi connectivity index (χ3v) is 4.19. The highest BCUT2D eigenvalue weighted by atomic mass is 19.1. The lowest BCUT2D eigenvalue weighted by Gasteiger charge is -2.36. The molecule has 3 N–H and O–H groups in total. The van der Waals surface area contributed by atoms with Crippen molar-refractivity contribution in [2.45, 2.75) is 37.6 Å². The lowest BCUT2D eigenvalue weighted by Crippen LogP contribution is -2.61. The van der Waals surface area contributed by atoms with Crippen LogP contribution in [0.15, 0.2) is 24.3 Å². The molecule has 3 amide bonds. The lowest BCUT2D eigenvalue weighted by molar-refractivity contribution is -0.128. The molecule has 1 aromatic rings. The topological polar surface area (TPSA) is 79.5 Å². The van der Waals surface area contributed by atoms with Gasteiger partial charge in [-0.25, -0.2) is 9.18 Å². The molecule has 0 radical (unpaired) electrons. The normalized spacial score (nSPS) is 16.1. The van der Waals surface area contributed by atoms with Crippen LogP contribution in [0.5, 0.6) is 5.75 Å². The van der Waals surface area contributed by atoms with E-state index in [2.05, 4.69) is 16.0 Å². The second-order valence-electron chi connectivity index (χ2n) is 5.91. The van der Waals surface area contributed by atoms with E-state index in [-0.39, 0.29) is 30.9 Å². The van der Waals surface area contributed by atoms with Gasteiger partial charge in [-0.2, -0.15) is 0 Å². The summed E-state index contributed by atoms with van der Waals surface area (Å²) in [5, 5.41) is 8.15. The summed E-state index contributed by atoms with van der Waals surface area (Å²) in [6.45, 7) is 0.541. The summed E-state index contributed by atoms with van der Waals surface area (Å²) >= 11 is 0. The minimum absolute atomic E-state index is 0.153. The summed E-state index contributed by atoms with van der Waals surface area (Å²) in [6, 6.07) is 5.29. The summed E-state index contributed by atoms with van der Waals surface area (Å²) in [5.41, 5.74) is -0.825. The standard InChI is InChI=1S/C17H24FN3O3/c1-19-15(22)17(9-3-2-4-10-17)21-16(23)20-11-12-24-14-7-5-13(18)6-8-14/h5-8H,2-4,9-12H2,1H3,(H,19,22)(H2,20,21,23). The molecule has 7 heteroatoms. The van der Waals surface area contributed by atoms with Crippen molar-refractivity contribution in [3.05, 3.63) is 30.1 Å². The maximum Gasteiger partial charge on any atom is 0.315 e. The molecule has 6 nitrogen and oxygen atoms in total. The zero-order valence-corrected chi connectivity index (χ0v) is 13.9. The summed E-state index contributed by atoms with van der Waals surface area (Å²) in [6.07, 6.45) is 4.20. The average Bonchev–Trinajstić information content (AvgIpc) is 2.60. The molecule has 0 aliphatic heterocycles. The second kappa shape index (κ2) is 8.52. The van der Waals surface area contributed by atoms with Crippen molar-refractivity contribution in [3.8, 4) is 5.75 Å². The summed E-state index contributed by atoms with van der Waals surface area (Å²) in [4.78, 5) is 24.2. The molecule has 1 fully saturated rings. The largest absolute Gasteiger partial charge is 0.492 e. The predicted octanol–water partition coefficient (Wildman–Crippen LogP) is 1.95. The fraction of sp³-hybridized carbons (Fsp3) is 0.529. The van der Waals surface area contributed by atoms with E-state index in [1.807, 2.05) is 0 Å². The van der Waals surface area contributed by atoms with Gasteiger partial charge in [0.15, 0.2) is 0 Å². The van der Waals surface area contributed by atoms with Crippen LogP contribution in [0.3, 0.4) is 0 Å². The monoisotopic (exact) mass is 337 g/mol. The number of carbonyl (C=O) groups is 2. The first-order valence-corrected chi connectivity index (χ1v) is 8.22. The molecule has 0 spiro atoms. The highest BCUT2D eigenvalue weighted by molar-refractivity contribution is 5.91. The molecular weight excluding hydrogens is 313 g/mol. The van der Waals surface area contributed by atoms with Gasteiger partial charge in [0.1, 0.15) is 23.7 Å². The van der Waals surface area contributed by atoms with Crippen molar-refractivity contribution in [2.24, 2.45) is 0 Å². The van der Waals surface area contributed by atoms with Crippen molar-refractivity contribution in [1.82, 2.24) is 16.0 Å². The number of halogens is 1. The molecule has 0 bridgehead atoms. The van der Waals surface area contributed by atoms with Crippen LogP contribution in [0.25, 0.3) is 0 Å². The van der Waals surface area contributed by atoms with Crippen LogP contribution in [0.4, 0.5) is 9.18 Å². The molecule has 1 aliphatic carbocycles. The maximum absolute atomic E-state index is 12.8. The van der Waals surface area contributed by atoms with E-state index >= 15 is 0 Å². The van der Waals surface area contributed by atoms with E-state index in [0.29, 0.717) is 18.6 Å². The van der Waals surface area contributed by atoms with Gasteiger partial charge < -0.3 is 20.7 Å². The molecule has 0 unspecified atom stereocenters. The number of urea groups is 1. The van der Waals surface area contributed by atoms with E-state index in [0.717, 1.165) is 19.3 Å². The summed E-state index contributed by atoms with van der Waals surface area (Å²) in [7, 11) is 1.58. The van der Waals surface area contributed by atoms with Gasteiger partial charge >= 0.3 is 6.03 Å².